The molecule has 0 aromatic rings. The minimum atomic E-state index is -0.987. The molecule has 0 aromatic carbocycles. The molecule has 2 N–H and O–H groups in total. The van der Waals surface area contributed by atoms with E-state index in [2.05, 4.69) is 19.2 Å². The van der Waals surface area contributed by atoms with Gasteiger partial charge in [0.25, 0.3) is 0 Å². The lowest BCUT2D eigenvalue weighted by molar-refractivity contribution is -0.138. The van der Waals surface area contributed by atoms with Gasteiger partial charge in [-0.15, -0.1) is 0 Å². The van der Waals surface area contributed by atoms with Crippen molar-refractivity contribution < 1.29 is 14.7 Å². The highest BCUT2D eigenvalue weighted by atomic mass is 16.4. The van der Waals surface area contributed by atoms with Crippen LogP contribution in [0, 0.1) is 5.41 Å². The molecule has 1 aliphatic rings. The largest absolute Gasteiger partial charge is 0.480 e. The van der Waals surface area contributed by atoms with Gasteiger partial charge in [-0.05, 0) is 25.7 Å². The van der Waals surface area contributed by atoms with E-state index in [-0.39, 0.29) is 30.1 Å². The third kappa shape index (κ3) is 3.12. The van der Waals surface area contributed by atoms with Crippen LogP contribution in [0.4, 0.5) is 4.79 Å². The van der Waals surface area contributed by atoms with Crippen molar-refractivity contribution in [3.05, 3.63) is 0 Å². The highest BCUT2D eigenvalue weighted by Crippen LogP contribution is 2.44. The molecule has 5 heteroatoms. The van der Waals surface area contributed by atoms with Crippen LogP contribution in [0.5, 0.6) is 0 Å². The molecule has 5 nitrogen and oxygen atoms in total. The Labute approximate surface area is 95.8 Å². The first-order valence-corrected chi connectivity index (χ1v) is 5.53. The monoisotopic (exact) mass is 228 g/mol. The van der Waals surface area contributed by atoms with Gasteiger partial charge in [-0.3, -0.25) is 4.79 Å². The van der Waals surface area contributed by atoms with Gasteiger partial charge in [0.15, 0.2) is 0 Å². The highest BCUT2D eigenvalue weighted by Gasteiger charge is 2.47. The average molecular weight is 228 g/mol. The minimum absolute atomic E-state index is 0.113. The number of nitrogens with one attached hydrogen (secondary N) is 1. The van der Waals surface area contributed by atoms with E-state index in [0.29, 0.717) is 0 Å². The van der Waals surface area contributed by atoms with Crippen LogP contribution in [0.15, 0.2) is 0 Å². The first kappa shape index (κ1) is 12.8. The van der Waals surface area contributed by atoms with Crippen molar-refractivity contribution in [1.82, 2.24) is 10.2 Å². The number of carbonyl (C=O) groups is 2. The lowest BCUT2D eigenvalue weighted by Crippen LogP contribution is -2.47. The van der Waals surface area contributed by atoms with Gasteiger partial charge in [0.05, 0.1) is 0 Å². The van der Waals surface area contributed by atoms with Crippen molar-refractivity contribution in [1.29, 1.82) is 0 Å². The summed E-state index contributed by atoms with van der Waals surface area (Å²) in [5, 5.41) is 11.6. The van der Waals surface area contributed by atoms with Gasteiger partial charge in [-0.25, -0.2) is 4.79 Å². The van der Waals surface area contributed by atoms with Crippen LogP contribution in [0.2, 0.25) is 0 Å². The Kier molecular flexibility index (Phi) is 3.45. The van der Waals surface area contributed by atoms with E-state index in [1.807, 2.05) is 0 Å². The second kappa shape index (κ2) is 4.31. The number of carboxylic acid groups (broad SMARTS) is 1. The van der Waals surface area contributed by atoms with Crippen LogP contribution in [0.3, 0.4) is 0 Å². The molecule has 0 saturated heterocycles. The van der Waals surface area contributed by atoms with Gasteiger partial charge in [0.1, 0.15) is 6.54 Å². The van der Waals surface area contributed by atoms with E-state index < -0.39 is 5.97 Å². The van der Waals surface area contributed by atoms with Crippen LogP contribution in [-0.2, 0) is 4.79 Å². The normalized spacial score (nSPS) is 21.7. The first-order valence-electron chi connectivity index (χ1n) is 5.53. The van der Waals surface area contributed by atoms with E-state index in [0.717, 1.165) is 6.42 Å². The molecular weight excluding hydrogens is 208 g/mol. The quantitative estimate of drug-likeness (QED) is 0.761. The summed E-state index contributed by atoms with van der Waals surface area (Å²) >= 11 is 0. The van der Waals surface area contributed by atoms with Crippen molar-refractivity contribution in [3.8, 4) is 0 Å². The molecule has 1 unspecified atom stereocenters. The van der Waals surface area contributed by atoms with Gasteiger partial charge in [0.2, 0.25) is 0 Å². The molecule has 0 aromatic heterocycles. The smallest absolute Gasteiger partial charge is 0.323 e. The molecule has 1 rings (SSSR count). The average Bonchev–Trinajstić information content (AvgIpc) is 2.68. The summed E-state index contributed by atoms with van der Waals surface area (Å²) < 4.78 is 0. The van der Waals surface area contributed by atoms with Crippen molar-refractivity contribution in [2.45, 2.75) is 46.2 Å². The lowest BCUT2D eigenvalue weighted by Gasteiger charge is -2.25. The molecule has 2 amide bonds. The molecule has 0 bridgehead atoms. The third-order valence-corrected chi connectivity index (χ3v) is 3.00. The second-order valence-electron chi connectivity index (χ2n) is 5.31. The Hall–Kier alpha value is -1.26. The van der Waals surface area contributed by atoms with Gasteiger partial charge in [0, 0.05) is 12.1 Å². The summed E-state index contributed by atoms with van der Waals surface area (Å²) in [6.07, 6.45) is 0.956. The fraction of sp³-hybridized carbons (Fsp3) is 0.818. The maximum absolute atomic E-state index is 11.8. The molecule has 0 heterocycles. The highest BCUT2D eigenvalue weighted by molar-refractivity contribution is 5.80. The predicted molar refractivity (Wildman–Crippen MR) is 60.2 cm³/mol. The van der Waals surface area contributed by atoms with Crippen LogP contribution < -0.4 is 5.32 Å². The van der Waals surface area contributed by atoms with E-state index in [1.165, 1.54) is 4.90 Å². The molecule has 92 valence electrons. The molecular formula is C11H20N2O3. The van der Waals surface area contributed by atoms with E-state index in [1.54, 1.807) is 13.8 Å². The van der Waals surface area contributed by atoms with Crippen molar-refractivity contribution in [2.75, 3.05) is 6.54 Å². The van der Waals surface area contributed by atoms with Crippen LogP contribution in [0.25, 0.3) is 0 Å². The first-order chi connectivity index (χ1) is 7.24. The Balaban J connectivity index is 2.52. The maximum atomic E-state index is 11.8. The number of hydrogen-bond acceptors (Lipinski definition) is 2. The number of urea groups is 1. The number of hydrogen-bond donors (Lipinski definition) is 2. The summed E-state index contributed by atoms with van der Waals surface area (Å²) in [7, 11) is 0. The number of rotatable bonds is 4. The zero-order valence-corrected chi connectivity index (χ0v) is 10.3. The minimum Gasteiger partial charge on any atom is -0.480 e. The molecule has 0 aliphatic heterocycles. The zero-order chi connectivity index (χ0) is 12.5. The van der Waals surface area contributed by atoms with Crippen LogP contribution in [-0.4, -0.2) is 40.6 Å². The number of carbonyl (C=O) groups excluding carboxylic acids is 1. The standard InChI is InChI=1S/C11H20N2O3/c1-7(2)13(6-9(14)15)10(16)12-8-5-11(8,3)4/h7-8H,5-6H2,1-4H3,(H,12,16)(H,14,15). The Morgan fingerprint density at radius 1 is 1.50 bits per heavy atom. The van der Waals surface area contributed by atoms with Gasteiger partial charge < -0.3 is 15.3 Å². The number of aliphatic carboxylic acids is 1. The molecule has 16 heavy (non-hydrogen) atoms. The summed E-state index contributed by atoms with van der Waals surface area (Å²) in [5.74, 6) is -0.987. The molecule has 1 aliphatic carbocycles. The predicted octanol–water partition coefficient (Wildman–Crippen LogP) is 1.29. The van der Waals surface area contributed by atoms with E-state index >= 15 is 0 Å². The third-order valence-electron chi connectivity index (χ3n) is 3.00. The summed E-state index contributed by atoms with van der Waals surface area (Å²) in [4.78, 5) is 23.8. The number of carboxylic acids is 1. The van der Waals surface area contributed by atoms with E-state index in [4.69, 9.17) is 5.11 Å². The summed E-state index contributed by atoms with van der Waals surface area (Å²) in [6, 6.07) is -0.221. The molecule has 0 spiro atoms. The van der Waals surface area contributed by atoms with Crippen molar-refractivity contribution >= 4 is 12.0 Å². The van der Waals surface area contributed by atoms with E-state index in [9.17, 15) is 9.59 Å². The molecule has 1 saturated carbocycles. The number of amides is 2. The van der Waals surface area contributed by atoms with Crippen LogP contribution in [0.1, 0.15) is 34.1 Å². The van der Waals surface area contributed by atoms with Crippen molar-refractivity contribution in [3.63, 3.8) is 0 Å². The summed E-state index contributed by atoms with van der Waals surface area (Å²) in [6.45, 7) is 7.52. The fourth-order valence-electron chi connectivity index (χ4n) is 1.58. The SMILES string of the molecule is CC(C)N(CC(=O)O)C(=O)NC1CC1(C)C. The topological polar surface area (TPSA) is 69.6 Å². The van der Waals surface area contributed by atoms with Crippen molar-refractivity contribution in [2.24, 2.45) is 5.41 Å². The molecule has 1 fully saturated rings. The van der Waals surface area contributed by atoms with Gasteiger partial charge in [-0.1, -0.05) is 13.8 Å². The second-order valence-corrected chi connectivity index (χ2v) is 5.31. The number of nitrogens with zero attached hydrogens (tertiary/aromatic N) is 1. The lowest BCUT2D eigenvalue weighted by atomic mass is 10.2. The van der Waals surface area contributed by atoms with Gasteiger partial charge in [-0.2, -0.15) is 0 Å². The summed E-state index contributed by atoms with van der Waals surface area (Å²) in [5.41, 5.74) is 0.154. The maximum Gasteiger partial charge on any atom is 0.323 e. The Bertz CT molecular complexity index is 300. The van der Waals surface area contributed by atoms with Gasteiger partial charge >= 0.3 is 12.0 Å². The fourth-order valence-corrected chi connectivity index (χ4v) is 1.58. The molecule has 0 radical (unpaired) electrons. The Morgan fingerprint density at radius 3 is 2.31 bits per heavy atom. The Morgan fingerprint density at radius 2 is 2.00 bits per heavy atom. The van der Waals surface area contributed by atoms with Crippen LogP contribution >= 0.6 is 0 Å². The zero-order valence-electron chi connectivity index (χ0n) is 10.3. The molecule has 1 atom stereocenters.